The minimum atomic E-state index is -1.43. The molecule has 0 aliphatic rings. The van der Waals surface area contributed by atoms with Gasteiger partial charge in [-0.1, -0.05) is 0 Å². The molecule has 0 aromatic carbocycles. The highest BCUT2D eigenvalue weighted by Gasteiger charge is 2.26. The molecule has 9 N–H and O–H groups in total. The summed E-state index contributed by atoms with van der Waals surface area (Å²) in [6, 6.07) is -4.00. The van der Waals surface area contributed by atoms with Gasteiger partial charge in [0, 0.05) is 12.2 Å². The number of carbonyl (C=O) groups is 6. The lowest BCUT2D eigenvalue weighted by Crippen LogP contribution is -2.54. The second-order valence-corrected chi connectivity index (χ2v) is 5.99. The molecule has 3 atom stereocenters. The average Bonchev–Trinajstić information content (AvgIpc) is 2.59. The van der Waals surface area contributed by atoms with Crippen molar-refractivity contribution < 1.29 is 39.0 Å². The van der Waals surface area contributed by atoms with Gasteiger partial charge in [0.1, 0.15) is 12.1 Å². The Hall–Kier alpha value is -2.87. The van der Waals surface area contributed by atoms with E-state index in [2.05, 4.69) is 28.6 Å². The normalized spacial score (nSPS) is 13.5. The molecule has 0 bridgehead atoms. The first-order valence-corrected chi connectivity index (χ1v) is 8.57. The lowest BCUT2D eigenvalue weighted by Gasteiger charge is -2.20. The van der Waals surface area contributed by atoms with Gasteiger partial charge in [-0.3, -0.25) is 24.0 Å². The van der Waals surface area contributed by atoms with E-state index in [-0.39, 0.29) is 18.6 Å². The van der Waals surface area contributed by atoms with Crippen molar-refractivity contribution in [2.45, 2.75) is 37.4 Å². The van der Waals surface area contributed by atoms with E-state index in [1.54, 1.807) is 0 Å². The third-order valence-corrected chi connectivity index (χ3v) is 3.65. The van der Waals surface area contributed by atoms with Crippen LogP contribution in [0.25, 0.3) is 0 Å². The molecular weight excluding hydrogens is 398 g/mol. The van der Waals surface area contributed by atoms with Gasteiger partial charge in [0.15, 0.2) is 0 Å². The van der Waals surface area contributed by atoms with Crippen molar-refractivity contribution in [3.8, 4) is 0 Å². The van der Waals surface area contributed by atoms with E-state index in [0.29, 0.717) is 0 Å². The molecule has 0 radical (unpaired) electrons. The van der Waals surface area contributed by atoms with Gasteiger partial charge in [-0.2, -0.15) is 12.6 Å². The Balaban J connectivity index is 4.86. The second kappa shape index (κ2) is 12.5. The Bertz CT molecular complexity index is 629. The quantitative estimate of drug-likeness (QED) is 0.136. The predicted molar refractivity (Wildman–Crippen MR) is 97.0 cm³/mol. The number of carboxylic acid groups (broad SMARTS) is 2. The number of nitrogens with two attached hydrogens (primary N) is 2. The monoisotopic (exact) mass is 421 g/mol. The van der Waals surface area contributed by atoms with Gasteiger partial charge >= 0.3 is 11.9 Å². The fourth-order valence-corrected chi connectivity index (χ4v) is 2.08. The van der Waals surface area contributed by atoms with Crippen molar-refractivity contribution >= 4 is 48.2 Å². The van der Waals surface area contributed by atoms with E-state index in [9.17, 15) is 28.8 Å². The van der Waals surface area contributed by atoms with Crippen molar-refractivity contribution in [3.05, 3.63) is 0 Å². The molecule has 0 aromatic rings. The maximum absolute atomic E-state index is 12.2. The van der Waals surface area contributed by atoms with Crippen molar-refractivity contribution in [1.29, 1.82) is 0 Å². The first kappa shape index (κ1) is 25.1. The van der Waals surface area contributed by atoms with Gasteiger partial charge in [0.25, 0.3) is 0 Å². The first-order chi connectivity index (χ1) is 13.0. The van der Waals surface area contributed by atoms with Crippen LogP contribution in [0.1, 0.15) is 19.3 Å². The zero-order chi connectivity index (χ0) is 21.9. The lowest BCUT2D eigenvalue weighted by molar-refractivity contribution is -0.141. The number of nitrogens with one attached hydrogen (secondary N) is 3. The van der Waals surface area contributed by atoms with Gasteiger partial charge < -0.3 is 37.6 Å². The van der Waals surface area contributed by atoms with Gasteiger partial charge in [-0.15, -0.1) is 0 Å². The number of carboxylic acids is 2. The summed E-state index contributed by atoms with van der Waals surface area (Å²) >= 11 is 3.77. The molecule has 0 saturated heterocycles. The van der Waals surface area contributed by atoms with Crippen LogP contribution < -0.4 is 27.4 Å². The molecule has 158 valence electrons. The molecule has 0 spiro atoms. The Morgan fingerprint density at radius 3 is 2.04 bits per heavy atom. The van der Waals surface area contributed by atoms with Crippen molar-refractivity contribution in [3.63, 3.8) is 0 Å². The summed E-state index contributed by atoms with van der Waals surface area (Å²) in [6.07, 6.45) is -1.18. The Morgan fingerprint density at radius 2 is 1.57 bits per heavy atom. The molecule has 0 rings (SSSR count). The number of rotatable bonds is 13. The van der Waals surface area contributed by atoms with Crippen LogP contribution in [0.3, 0.4) is 0 Å². The Morgan fingerprint density at radius 1 is 0.964 bits per heavy atom. The molecule has 3 unspecified atom stereocenters. The standard InChI is InChI=1S/C14H23N5O8S/c15-6(3-11(22)23)12(24)19-7(1-2-9(16)20)13(25)17-4-10(21)18-8(5-28)14(26)27/h6-8,28H,1-5,15H2,(H2,16,20)(H,17,25)(H,18,21)(H,19,24)(H,22,23)(H,26,27). The average molecular weight is 421 g/mol. The largest absolute Gasteiger partial charge is 0.481 e. The zero-order valence-corrected chi connectivity index (χ0v) is 15.6. The maximum atomic E-state index is 12.2. The summed E-state index contributed by atoms with van der Waals surface area (Å²) in [4.78, 5) is 68.1. The second-order valence-electron chi connectivity index (χ2n) is 5.63. The third kappa shape index (κ3) is 10.3. The highest BCUT2D eigenvalue weighted by molar-refractivity contribution is 7.80. The highest BCUT2D eigenvalue weighted by Crippen LogP contribution is 2.00. The van der Waals surface area contributed by atoms with E-state index < -0.39 is 66.7 Å². The molecule has 0 saturated carbocycles. The molecule has 4 amide bonds. The Labute approximate surface area is 165 Å². The molecular formula is C14H23N5O8S. The zero-order valence-electron chi connectivity index (χ0n) is 14.7. The number of amides is 4. The van der Waals surface area contributed by atoms with Crippen LogP contribution in [-0.4, -0.2) is 76.2 Å². The topological polar surface area (TPSA) is 231 Å². The number of hydrogen-bond donors (Lipinski definition) is 8. The van der Waals surface area contributed by atoms with Crippen LogP contribution in [-0.2, 0) is 28.8 Å². The van der Waals surface area contributed by atoms with Crippen LogP contribution >= 0.6 is 12.6 Å². The van der Waals surface area contributed by atoms with Gasteiger partial charge in [-0.25, -0.2) is 4.79 Å². The number of carbonyl (C=O) groups excluding carboxylic acids is 4. The summed E-state index contributed by atoms with van der Waals surface area (Å²) < 4.78 is 0. The van der Waals surface area contributed by atoms with Gasteiger partial charge in [0.05, 0.1) is 19.0 Å². The van der Waals surface area contributed by atoms with Crippen molar-refractivity contribution in [1.82, 2.24) is 16.0 Å². The summed E-state index contributed by atoms with van der Waals surface area (Å²) in [5.41, 5.74) is 10.4. The van der Waals surface area contributed by atoms with E-state index in [1.165, 1.54) is 0 Å². The van der Waals surface area contributed by atoms with Crippen LogP contribution in [0.4, 0.5) is 0 Å². The molecule has 0 fully saturated rings. The predicted octanol–water partition coefficient (Wildman–Crippen LogP) is -3.85. The SMILES string of the molecule is NC(=O)CCC(NC(=O)C(N)CC(=O)O)C(=O)NCC(=O)NC(CS)C(=O)O. The first-order valence-electron chi connectivity index (χ1n) is 7.94. The molecule has 14 heteroatoms. The third-order valence-electron chi connectivity index (χ3n) is 3.28. The lowest BCUT2D eigenvalue weighted by atomic mass is 10.1. The number of thiol groups is 1. The van der Waals surface area contributed by atoms with E-state index in [1.807, 2.05) is 0 Å². The Kier molecular flexibility index (Phi) is 11.2. The van der Waals surface area contributed by atoms with Gasteiger partial charge in [-0.05, 0) is 6.42 Å². The fourth-order valence-electron chi connectivity index (χ4n) is 1.84. The maximum Gasteiger partial charge on any atom is 0.327 e. The molecule has 28 heavy (non-hydrogen) atoms. The van der Waals surface area contributed by atoms with E-state index in [0.717, 1.165) is 0 Å². The molecule has 0 aromatic heterocycles. The summed E-state index contributed by atoms with van der Waals surface area (Å²) in [5.74, 6) is -6.20. The molecule has 0 aliphatic heterocycles. The summed E-state index contributed by atoms with van der Waals surface area (Å²) in [6.45, 7) is -0.611. The van der Waals surface area contributed by atoms with Crippen LogP contribution in [0, 0.1) is 0 Å². The summed E-state index contributed by atoms with van der Waals surface area (Å²) in [7, 11) is 0. The van der Waals surface area contributed by atoms with E-state index >= 15 is 0 Å². The van der Waals surface area contributed by atoms with Crippen LogP contribution in [0.15, 0.2) is 0 Å². The smallest absolute Gasteiger partial charge is 0.327 e. The minimum absolute atomic E-state index is 0.173. The van der Waals surface area contributed by atoms with Gasteiger partial charge in [0.2, 0.25) is 23.6 Å². The van der Waals surface area contributed by atoms with Crippen molar-refractivity contribution in [2.75, 3.05) is 12.3 Å². The van der Waals surface area contributed by atoms with Crippen molar-refractivity contribution in [2.24, 2.45) is 11.5 Å². The highest BCUT2D eigenvalue weighted by atomic mass is 32.1. The number of hydrogen-bond acceptors (Lipinski definition) is 8. The number of primary amides is 1. The minimum Gasteiger partial charge on any atom is -0.481 e. The fraction of sp³-hybridized carbons (Fsp3) is 0.571. The summed E-state index contributed by atoms with van der Waals surface area (Å²) in [5, 5.41) is 23.9. The van der Waals surface area contributed by atoms with Crippen LogP contribution in [0.2, 0.25) is 0 Å². The number of aliphatic carboxylic acids is 2. The van der Waals surface area contributed by atoms with E-state index in [4.69, 9.17) is 21.7 Å². The molecule has 0 heterocycles. The molecule has 13 nitrogen and oxygen atoms in total. The van der Waals surface area contributed by atoms with Crippen LogP contribution in [0.5, 0.6) is 0 Å². The molecule has 0 aliphatic carbocycles.